The van der Waals surface area contributed by atoms with E-state index in [-0.39, 0.29) is 12.5 Å². The third-order valence-corrected chi connectivity index (χ3v) is 1.41. The Bertz CT molecular complexity index is 252. The van der Waals surface area contributed by atoms with Crippen LogP contribution in [0.2, 0.25) is 0 Å². The summed E-state index contributed by atoms with van der Waals surface area (Å²) in [6, 6.07) is 0. The molecule has 13 heavy (non-hydrogen) atoms. The molecule has 0 heterocycles. The lowest BCUT2D eigenvalue weighted by atomic mass is 10.0. The molecule has 0 aliphatic rings. The molecule has 0 spiro atoms. The largest absolute Gasteiger partial charge is 0.545 e. The van der Waals surface area contributed by atoms with Crippen LogP contribution in [0.5, 0.6) is 0 Å². The van der Waals surface area contributed by atoms with Crippen molar-refractivity contribution in [2.45, 2.75) is 19.1 Å². The second-order valence-electron chi connectivity index (χ2n) is 2.33. The Morgan fingerprint density at radius 2 is 1.85 bits per heavy atom. The van der Waals surface area contributed by atoms with Crippen molar-refractivity contribution in [3.63, 3.8) is 0 Å². The molecule has 0 unspecified atom stereocenters. The number of aliphatic hydroxyl groups is 2. The van der Waals surface area contributed by atoms with E-state index < -0.39 is 23.3 Å². The van der Waals surface area contributed by atoms with Crippen LogP contribution in [0, 0.1) is 0 Å². The first-order chi connectivity index (χ1) is 5.81. The van der Waals surface area contributed by atoms with E-state index in [1.165, 1.54) is 6.92 Å². The van der Waals surface area contributed by atoms with Gasteiger partial charge in [-0.15, -0.1) is 0 Å². The molecule has 6 heteroatoms. The Kier molecular flexibility index (Phi) is 3.58. The highest BCUT2D eigenvalue weighted by Crippen LogP contribution is 2.16. The predicted octanol–water partition coefficient (Wildman–Crippen LogP) is -3.50. The van der Waals surface area contributed by atoms with Crippen molar-refractivity contribution in [1.82, 2.24) is 0 Å². The summed E-state index contributed by atoms with van der Waals surface area (Å²) < 4.78 is 0. The number of aliphatic carboxylic acids is 2. The van der Waals surface area contributed by atoms with Gasteiger partial charge in [0.05, 0.1) is 11.9 Å². The fourth-order valence-electron chi connectivity index (χ4n) is 0.646. The van der Waals surface area contributed by atoms with Crippen molar-refractivity contribution < 1.29 is 30.0 Å². The molecule has 0 aromatic rings. The van der Waals surface area contributed by atoms with E-state index in [4.69, 9.17) is 10.2 Å². The average molecular weight is 188 g/mol. The molecule has 0 aliphatic heterocycles. The molecule has 2 N–H and O–H groups in total. The normalized spacial score (nSPS) is 12.7. The van der Waals surface area contributed by atoms with Crippen LogP contribution in [0.25, 0.3) is 0 Å². The maximum absolute atomic E-state index is 10.3. The molecule has 0 aromatic carbocycles. The van der Waals surface area contributed by atoms with E-state index in [1.807, 2.05) is 0 Å². The van der Waals surface area contributed by atoms with E-state index >= 15 is 0 Å². The highest BCUT2D eigenvalue weighted by Gasteiger charge is 2.26. The van der Waals surface area contributed by atoms with E-state index in [0.29, 0.717) is 0 Å². The molecule has 0 saturated heterocycles. The van der Waals surface area contributed by atoms with Gasteiger partial charge in [-0.3, -0.25) is 0 Å². The second-order valence-corrected chi connectivity index (χ2v) is 2.33. The molecule has 0 fully saturated rings. The maximum atomic E-state index is 10.3. The van der Waals surface area contributed by atoms with Gasteiger partial charge in [-0.1, -0.05) is 6.92 Å². The monoisotopic (exact) mass is 188 g/mol. The van der Waals surface area contributed by atoms with E-state index in [0.717, 1.165) is 0 Å². The minimum atomic E-state index is -2.71. The molecule has 0 atom stereocenters. The van der Waals surface area contributed by atoms with Crippen LogP contribution in [-0.2, 0) is 9.59 Å². The Hall–Kier alpha value is -1.40. The summed E-state index contributed by atoms with van der Waals surface area (Å²) >= 11 is 0. The SMILES string of the molecule is CCC(O)(O)/C(=C/C(=O)[O-])C(=O)[O-]. The molecule has 6 nitrogen and oxygen atoms in total. The minimum absolute atomic E-state index is 0.0822. The summed E-state index contributed by atoms with van der Waals surface area (Å²) in [5.74, 6) is -6.50. The van der Waals surface area contributed by atoms with Crippen LogP contribution >= 0.6 is 0 Å². The molecular formula is C7H8O6-2. The average Bonchev–Trinajstić information content (AvgIpc) is 1.99. The summed E-state index contributed by atoms with van der Waals surface area (Å²) in [5, 5.41) is 38.2. The van der Waals surface area contributed by atoms with Crippen molar-refractivity contribution in [2.24, 2.45) is 0 Å². The third kappa shape index (κ3) is 3.22. The number of hydrogen-bond acceptors (Lipinski definition) is 6. The molecule has 0 aromatic heterocycles. The van der Waals surface area contributed by atoms with Gasteiger partial charge in [0.25, 0.3) is 0 Å². The zero-order valence-electron chi connectivity index (χ0n) is 6.81. The highest BCUT2D eigenvalue weighted by atomic mass is 16.5. The number of carboxylic acids is 2. The van der Waals surface area contributed by atoms with Crippen molar-refractivity contribution in [1.29, 1.82) is 0 Å². The summed E-state index contributed by atoms with van der Waals surface area (Å²) in [4.78, 5) is 20.2. The van der Waals surface area contributed by atoms with Crippen molar-refractivity contribution >= 4 is 11.9 Å². The van der Waals surface area contributed by atoms with Gasteiger partial charge in [-0.2, -0.15) is 0 Å². The maximum Gasteiger partial charge on any atom is 0.191 e. The molecule has 0 radical (unpaired) electrons. The van der Waals surface area contributed by atoms with E-state index in [2.05, 4.69) is 0 Å². The smallest absolute Gasteiger partial charge is 0.191 e. The summed E-state index contributed by atoms with van der Waals surface area (Å²) in [6.07, 6.45) is -0.293. The number of carbonyl (C=O) groups excluding carboxylic acids is 2. The second kappa shape index (κ2) is 4.01. The summed E-state index contributed by atoms with van der Waals surface area (Å²) in [7, 11) is 0. The standard InChI is InChI=1S/C7H10O6/c1-2-7(12,13)4(6(10)11)3-5(8)9/h3,12-13H,2H2,1H3,(H,8,9)(H,10,11)/p-2/b4-3+. The van der Waals surface area contributed by atoms with Crippen LogP contribution in [0.4, 0.5) is 0 Å². The fourth-order valence-corrected chi connectivity index (χ4v) is 0.646. The lowest BCUT2D eigenvalue weighted by Crippen LogP contribution is -2.41. The van der Waals surface area contributed by atoms with Crippen LogP contribution < -0.4 is 10.2 Å². The summed E-state index contributed by atoms with van der Waals surface area (Å²) in [5.41, 5.74) is -1.13. The predicted molar refractivity (Wildman–Crippen MR) is 35.6 cm³/mol. The number of rotatable bonds is 4. The molecule has 74 valence electrons. The van der Waals surface area contributed by atoms with Gasteiger partial charge in [0.1, 0.15) is 0 Å². The van der Waals surface area contributed by atoms with Gasteiger partial charge in [0, 0.05) is 12.0 Å². The molecule has 0 aliphatic carbocycles. The van der Waals surface area contributed by atoms with Gasteiger partial charge in [0.2, 0.25) is 0 Å². The molecule has 0 bridgehead atoms. The van der Waals surface area contributed by atoms with Crippen molar-refractivity contribution in [3.8, 4) is 0 Å². The number of hydrogen-bond donors (Lipinski definition) is 2. The number of carboxylic acid groups (broad SMARTS) is 2. The first-order valence-electron chi connectivity index (χ1n) is 3.40. The Balaban J connectivity index is 5.04. The minimum Gasteiger partial charge on any atom is -0.545 e. The highest BCUT2D eigenvalue weighted by molar-refractivity contribution is 5.94. The van der Waals surface area contributed by atoms with Gasteiger partial charge in [0.15, 0.2) is 5.79 Å². The molecular weight excluding hydrogens is 180 g/mol. The Morgan fingerprint density at radius 3 is 2.08 bits per heavy atom. The van der Waals surface area contributed by atoms with E-state index in [1.54, 1.807) is 0 Å². The zero-order valence-corrected chi connectivity index (χ0v) is 6.81. The lowest BCUT2D eigenvalue weighted by molar-refractivity contribution is -0.307. The van der Waals surface area contributed by atoms with Gasteiger partial charge >= 0.3 is 0 Å². The first-order valence-corrected chi connectivity index (χ1v) is 3.40. The van der Waals surface area contributed by atoms with Gasteiger partial charge < -0.3 is 30.0 Å². The molecule has 0 amide bonds. The fraction of sp³-hybridized carbons (Fsp3) is 0.429. The van der Waals surface area contributed by atoms with Crippen LogP contribution in [0.1, 0.15) is 13.3 Å². The Morgan fingerprint density at radius 1 is 1.38 bits per heavy atom. The van der Waals surface area contributed by atoms with Crippen molar-refractivity contribution in [2.75, 3.05) is 0 Å². The van der Waals surface area contributed by atoms with Crippen molar-refractivity contribution in [3.05, 3.63) is 11.6 Å². The summed E-state index contributed by atoms with van der Waals surface area (Å²) in [6.45, 7) is 1.27. The van der Waals surface area contributed by atoms with Crippen LogP contribution in [-0.4, -0.2) is 27.9 Å². The van der Waals surface area contributed by atoms with Crippen LogP contribution in [0.15, 0.2) is 11.6 Å². The topological polar surface area (TPSA) is 121 Å². The lowest BCUT2D eigenvalue weighted by Gasteiger charge is -2.24. The van der Waals surface area contributed by atoms with Gasteiger partial charge in [-0.05, 0) is 6.08 Å². The molecule has 0 saturated carbocycles. The van der Waals surface area contributed by atoms with Crippen LogP contribution in [0.3, 0.4) is 0 Å². The van der Waals surface area contributed by atoms with E-state index in [9.17, 15) is 19.8 Å². The zero-order chi connectivity index (χ0) is 10.6. The Labute approximate surface area is 73.7 Å². The molecule has 0 rings (SSSR count). The first kappa shape index (κ1) is 11.6. The number of carbonyl (C=O) groups is 2. The van der Waals surface area contributed by atoms with Gasteiger partial charge in [-0.25, -0.2) is 0 Å². The quantitative estimate of drug-likeness (QED) is 0.349. The third-order valence-electron chi connectivity index (χ3n) is 1.41.